The van der Waals surface area contributed by atoms with Crippen LogP contribution in [0.15, 0.2) is 163 Å². The van der Waals surface area contributed by atoms with Crippen molar-refractivity contribution in [3.63, 3.8) is 0 Å². The monoisotopic (exact) mass is 528 g/mol. The molecule has 7 aromatic rings. The minimum absolute atomic E-state index is 0.0236. The summed E-state index contributed by atoms with van der Waals surface area (Å²) in [6.07, 6.45) is 0. The summed E-state index contributed by atoms with van der Waals surface area (Å²) < 4.78 is 1.79. The highest BCUT2D eigenvalue weighted by Gasteiger charge is 2.22. The lowest BCUT2D eigenvalue weighted by Gasteiger charge is -2.32. The minimum Gasteiger partial charge on any atom is -0.336 e. The van der Waals surface area contributed by atoms with E-state index in [1.807, 2.05) is 72.8 Å². The fraction of sp³-hybridized carbons (Fsp3) is 0.0263. The molecule has 0 spiro atoms. The summed E-state index contributed by atoms with van der Waals surface area (Å²) in [6, 6.07) is 53.5. The van der Waals surface area contributed by atoms with Crippen LogP contribution in [0.25, 0.3) is 38.5 Å². The van der Waals surface area contributed by atoms with Gasteiger partial charge in [-0.1, -0.05) is 115 Å². The van der Waals surface area contributed by atoms with Crippen LogP contribution in [-0.4, -0.2) is 4.57 Å². The molecule has 0 bridgehead atoms. The van der Waals surface area contributed by atoms with Gasteiger partial charge in [0.25, 0.3) is 5.56 Å². The average molecular weight is 529 g/mol. The fourth-order valence-corrected chi connectivity index (χ4v) is 5.82. The van der Waals surface area contributed by atoms with Crippen LogP contribution in [0.3, 0.4) is 0 Å². The van der Waals surface area contributed by atoms with Crippen LogP contribution >= 0.6 is 0 Å². The number of nitrogens with zero attached hydrogens (tertiary/aromatic N) is 2. The van der Waals surface area contributed by atoms with Gasteiger partial charge in [0.15, 0.2) is 0 Å². The van der Waals surface area contributed by atoms with Crippen LogP contribution < -0.4 is 10.5 Å². The second-order valence-electron chi connectivity index (χ2n) is 10.1. The molecule has 6 aromatic carbocycles. The Morgan fingerprint density at radius 1 is 0.439 bits per heavy atom. The Balaban J connectivity index is 0.000000135. The van der Waals surface area contributed by atoms with Crippen LogP contribution in [0.2, 0.25) is 0 Å². The molecule has 3 nitrogen and oxygen atoms in total. The van der Waals surface area contributed by atoms with Gasteiger partial charge in [0.2, 0.25) is 0 Å². The van der Waals surface area contributed by atoms with E-state index in [0.29, 0.717) is 0 Å². The maximum Gasteiger partial charge on any atom is 0.263 e. The largest absolute Gasteiger partial charge is 0.336 e. The van der Waals surface area contributed by atoms with E-state index in [9.17, 15) is 4.79 Å². The molecule has 0 fully saturated rings. The molecule has 1 aromatic heterocycles. The molecule has 1 aliphatic rings. The van der Waals surface area contributed by atoms with E-state index >= 15 is 0 Å². The number of benzene rings is 6. The molecular weight excluding hydrogens is 500 g/mol. The Labute approximate surface area is 239 Å². The SMILES string of the molecule is O=c1c2ccccc2c2ccccc2n1-c1ccccc1.c1ccc(N2Cc3ccccc3-c3ccccc32)cc1. The molecule has 8 rings (SSSR count). The first kappa shape index (κ1) is 24.6. The number of pyridine rings is 1. The number of rotatable bonds is 2. The normalized spacial score (nSPS) is 11.9. The van der Waals surface area contributed by atoms with E-state index in [1.54, 1.807) is 4.57 Å². The van der Waals surface area contributed by atoms with Gasteiger partial charge in [-0.2, -0.15) is 0 Å². The summed E-state index contributed by atoms with van der Waals surface area (Å²) in [5.74, 6) is 0. The molecule has 1 aliphatic heterocycles. The van der Waals surface area contributed by atoms with E-state index in [-0.39, 0.29) is 5.56 Å². The van der Waals surface area contributed by atoms with Gasteiger partial charge in [-0.25, -0.2) is 0 Å². The Hall–Kier alpha value is -5.41. The molecular formula is C38H28N2O. The minimum atomic E-state index is 0.0236. The van der Waals surface area contributed by atoms with Crippen LogP contribution in [0, 0.1) is 0 Å². The Morgan fingerprint density at radius 2 is 0.976 bits per heavy atom. The Kier molecular flexibility index (Phi) is 6.38. The van der Waals surface area contributed by atoms with Gasteiger partial charge >= 0.3 is 0 Å². The third-order valence-electron chi connectivity index (χ3n) is 7.71. The van der Waals surface area contributed by atoms with Gasteiger partial charge in [0.05, 0.1) is 5.52 Å². The third-order valence-corrected chi connectivity index (χ3v) is 7.71. The summed E-state index contributed by atoms with van der Waals surface area (Å²) >= 11 is 0. The molecule has 0 radical (unpaired) electrons. The molecule has 0 saturated carbocycles. The van der Waals surface area contributed by atoms with Crippen LogP contribution in [0.5, 0.6) is 0 Å². The second kappa shape index (κ2) is 10.6. The van der Waals surface area contributed by atoms with Crippen molar-refractivity contribution < 1.29 is 0 Å². The zero-order valence-corrected chi connectivity index (χ0v) is 22.5. The smallest absolute Gasteiger partial charge is 0.263 e. The molecule has 3 heteroatoms. The first-order valence-electron chi connectivity index (χ1n) is 13.9. The second-order valence-corrected chi connectivity index (χ2v) is 10.1. The van der Waals surface area contributed by atoms with Crippen molar-refractivity contribution in [2.45, 2.75) is 6.54 Å². The van der Waals surface area contributed by atoms with E-state index in [2.05, 4.69) is 89.8 Å². The summed E-state index contributed by atoms with van der Waals surface area (Å²) in [5, 5.41) is 2.85. The number of aromatic nitrogens is 1. The predicted octanol–water partition coefficient (Wildman–Crippen LogP) is 9.15. The maximum absolute atomic E-state index is 12.9. The van der Waals surface area contributed by atoms with Gasteiger partial charge in [-0.05, 0) is 59.0 Å². The van der Waals surface area contributed by atoms with Gasteiger partial charge in [0.1, 0.15) is 0 Å². The van der Waals surface area contributed by atoms with Gasteiger partial charge < -0.3 is 4.90 Å². The number of hydrogen-bond donors (Lipinski definition) is 0. The van der Waals surface area contributed by atoms with Gasteiger partial charge in [-0.15, -0.1) is 0 Å². The zero-order chi connectivity index (χ0) is 27.6. The Morgan fingerprint density at radius 3 is 1.73 bits per heavy atom. The van der Waals surface area contributed by atoms with Crippen molar-refractivity contribution in [1.82, 2.24) is 4.57 Å². The molecule has 196 valence electrons. The summed E-state index contributed by atoms with van der Waals surface area (Å²) in [4.78, 5) is 15.3. The summed E-state index contributed by atoms with van der Waals surface area (Å²) in [5.41, 5.74) is 8.45. The lowest BCUT2D eigenvalue weighted by molar-refractivity contribution is 0.961. The van der Waals surface area contributed by atoms with E-state index in [4.69, 9.17) is 0 Å². The molecule has 0 atom stereocenters. The molecule has 2 heterocycles. The van der Waals surface area contributed by atoms with Crippen LogP contribution in [0.1, 0.15) is 5.56 Å². The quantitative estimate of drug-likeness (QED) is 0.209. The standard InChI is InChI=1S/C19H13NO.C19H15N/c21-19-17-12-5-4-10-15(17)16-11-6-7-13-18(16)20(19)14-8-2-1-3-9-14;1-2-9-16(10-3-1)20-14-15-8-4-5-11-17(15)18-12-6-7-13-19(18)20/h1-13H;1-13H,14H2. The van der Waals surface area contributed by atoms with E-state index in [0.717, 1.165) is 33.9 Å². The van der Waals surface area contributed by atoms with Crippen molar-refractivity contribution >= 4 is 33.1 Å². The number of fused-ring (bicyclic) bond motifs is 6. The molecule has 0 saturated heterocycles. The highest BCUT2D eigenvalue weighted by molar-refractivity contribution is 6.06. The van der Waals surface area contributed by atoms with Crippen molar-refractivity contribution in [1.29, 1.82) is 0 Å². The first-order valence-corrected chi connectivity index (χ1v) is 13.9. The number of hydrogen-bond acceptors (Lipinski definition) is 2. The lowest BCUT2D eigenvalue weighted by Crippen LogP contribution is -2.21. The number of anilines is 2. The molecule has 41 heavy (non-hydrogen) atoms. The molecule has 0 N–H and O–H groups in total. The van der Waals surface area contributed by atoms with Crippen molar-refractivity contribution in [2.24, 2.45) is 0 Å². The highest BCUT2D eigenvalue weighted by Crippen LogP contribution is 2.42. The Bertz CT molecular complexity index is 2050. The van der Waals surface area contributed by atoms with Gasteiger partial charge in [0, 0.05) is 39.9 Å². The average Bonchev–Trinajstić information content (AvgIpc) is 3.06. The summed E-state index contributed by atoms with van der Waals surface area (Å²) in [7, 11) is 0. The predicted molar refractivity (Wildman–Crippen MR) is 171 cm³/mol. The lowest BCUT2D eigenvalue weighted by atomic mass is 9.93. The van der Waals surface area contributed by atoms with Crippen molar-refractivity contribution in [3.8, 4) is 16.8 Å². The van der Waals surface area contributed by atoms with E-state index < -0.39 is 0 Å². The maximum atomic E-state index is 12.9. The fourth-order valence-electron chi connectivity index (χ4n) is 5.82. The molecule has 0 unspecified atom stereocenters. The van der Waals surface area contributed by atoms with Gasteiger partial charge in [-0.3, -0.25) is 9.36 Å². The highest BCUT2D eigenvalue weighted by atomic mass is 16.1. The molecule has 0 amide bonds. The van der Waals surface area contributed by atoms with Crippen molar-refractivity contribution in [3.05, 3.63) is 174 Å². The summed E-state index contributed by atoms with van der Waals surface area (Å²) in [6.45, 7) is 0.928. The van der Waals surface area contributed by atoms with E-state index in [1.165, 1.54) is 28.1 Å². The van der Waals surface area contributed by atoms with Crippen LogP contribution in [0.4, 0.5) is 11.4 Å². The van der Waals surface area contributed by atoms with Crippen LogP contribution in [-0.2, 0) is 6.54 Å². The number of para-hydroxylation sites is 4. The zero-order valence-electron chi connectivity index (χ0n) is 22.5. The topological polar surface area (TPSA) is 25.2 Å². The molecule has 0 aliphatic carbocycles. The first-order chi connectivity index (χ1) is 20.3. The third kappa shape index (κ3) is 4.48. The van der Waals surface area contributed by atoms with Crippen molar-refractivity contribution in [2.75, 3.05) is 4.90 Å².